The van der Waals surface area contributed by atoms with E-state index in [0.717, 1.165) is 47.4 Å². The van der Waals surface area contributed by atoms with Gasteiger partial charge in [-0.1, -0.05) is 0 Å². The maximum Gasteiger partial charge on any atom is 0.410 e. The molecule has 1 aromatic heterocycles. The molecule has 1 saturated heterocycles. The zero-order valence-electron chi connectivity index (χ0n) is 19.0. The molecule has 172 valence electrons. The Morgan fingerprint density at radius 1 is 1.22 bits per heavy atom. The average Bonchev–Trinajstić information content (AvgIpc) is 3.16. The number of sulfone groups is 1. The number of benzene rings is 1. The van der Waals surface area contributed by atoms with E-state index in [4.69, 9.17) is 9.47 Å². The molecule has 1 fully saturated rings. The molecule has 8 heteroatoms. The Morgan fingerprint density at radius 3 is 2.56 bits per heavy atom. The molecule has 0 spiro atoms. The van der Waals surface area contributed by atoms with E-state index < -0.39 is 9.84 Å². The number of amides is 1. The Balaban J connectivity index is 1.43. The minimum absolute atomic E-state index is 0.102. The van der Waals surface area contributed by atoms with Crippen LogP contribution < -0.4 is 4.74 Å². The number of hydrogen-bond acceptors (Lipinski definition) is 6. The first-order valence-corrected chi connectivity index (χ1v) is 12.9. The highest BCUT2D eigenvalue weighted by Crippen LogP contribution is 2.38. The van der Waals surface area contributed by atoms with Crippen molar-refractivity contribution < 1.29 is 22.7 Å². The summed E-state index contributed by atoms with van der Waals surface area (Å²) in [5.41, 5.74) is 3.70. The van der Waals surface area contributed by atoms with Crippen LogP contribution in [0.3, 0.4) is 0 Å². The van der Waals surface area contributed by atoms with Crippen LogP contribution in [0.4, 0.5) is 4.79 Å². The standard InChI is InChI=1S/C24H30N2O5S/c1-15(2)30-24(27)26-9-7-17(8-10-26)22-13-19-12-18(5-6-21(19)31-22)23-16(3)11-20(14-25-23)32(4,28)29/h5-6,11-12,14-15,17,22H,7-10,13H2,1-4H3. The number of ether oxygens (including phenoxy) is 2. The summed E-state index contributed by atoms with van der Waals surface area (Å²) in [5.74, 6) is 1.29. The molecule has 1 aromatic carbocycles. The van der Waals surface area contributed by atoms with Crippen LogP contribution in [0.5, 0.6) is 5.75 Å². The number of aromatic nitrogens is 1. The Bertz CT molecular complexity index is 1120. The van der Waals surface area contributed by atoms with Crippen molar-refractivity contribution in [2.75, 3.05) is 19.3 Å². The third kappa shape index (κ3) is 4.75. The lowest BCUT2D eigenvalue weighted by Gasteiger charge is -2.34. The molecule has 0 radical (unpaired) electrons. The van der Waals surface area contributed by atoms with Crippen LogP contribution in [0.15, 0.2) is 35.4 Å². The maximum absolute atomic E-state index is 12.1. The monoisotopic (exact) mass is 458 g/mol. The van der Waals surface area contributed by atoms with Crippen LogP contribution in [-0.4, -0.2) is 55.9 Å². The van der Waals surface area contributed by atoms with Gasteiger partial charge >= 0.3 is 6.09 Å². The van der Waals surface area contributed by atoms with Crippen LogP contribution in [-0.2, 0) is 21.0 Å². The second-order valence-corrected chi connectivity index (χ2v) is 11.1. The van der Waals surface area contributed by atoms with Gasteiger partial charge in [0.25, 0.3) is 0 Å². The van der Waals surface area contributed by atoms with E-state index in [0.29, 0.717) is 19.0 Å². The number of rotatable bonds is 4. The van der Waals surface area contributed by atoms with Gasteiger partial charge in [0, 0.05) is 37.5 Å². The van der Waals surface area contributed by atoms with Crippen molar-refractivity contribution in [2.45, 2.75) is 57.1 Å². The second kappa shape index (κ2) is 8.73. The number of carbonyl (C=O) groups is 1. The first kappa shape index (κ1) is 22.6. The number of pyridine rings is 1. The molecular formula is C24H30N2O5S. The molecule has 2 aromatic rings. The fourth-order valence-corrected chi connectivity index (χ4v) is 5.10. The van der Waals surface area contributed by atoms with E-state index in [9.17, 15) is 13.2 Å². The lowest BCUT2D eigenvalue weighted by molar-refractivity contribution is 0.0503. The summed E-state index contributed by atoms with van der Waals surface area (Å²) in [6, 6.07) is 7.72. The van der Waals surface area contributed by atoms with Gasteiger partial charge in [0.1, 0.15) is 11.9 Å². The van der Waals surface area contributed by atoms with Gasteiger partial charge in [-0.3, -0.25) is 4.98 Å². The van der Waals surface area contributed by atoms with Crippen LogP contribution >= 0.6 is 0 Å². The summed E-state index contributed by atoms with van der Waals surface area (Å²) in [5, 5.41) is 0. The van der Waals surface area contributed by atoms with Crippen molar-refractivity contribution in [2.24, 2.45) is 5.92 Å². The van der Waals surface area contributed by atoms with Gasteiger partial charge in [-0.2, -0.15) is 0 Å². The van der Waals surface area contributed by atoms with E-state index in [1.54, 1.807) is 11.0 Å². The predicted molar refractivity (Wildman–Crippen MR) is 122 cm³/mol. The molecule has 0 N–H and O–H groups in total. The minimum atomic E-state index is -3.28. The Kier molecular flexibility index (Phi) is 6.16. The first-order valence-electron chi connectivity index (χ1n) is 11.0. The lowest BCUT2D eigenvalue weighted by atomic mass is 9.89. The SMILES string of the molecule is Cc1cc(S(C)(=O)=O)cnc1-c1ccc2c(c1)CC(C1CCN(C(=O)OC(C)C)CC1)O2. The van der Waals surface area contributed by atoms with Gasteiger partial charge in [-0.25, -0.2) is 13.2 Å². The molecular weight excluding hydrogens is 428 g/mol. The Morgan fingerprint density at radius 2 is 1.94 bits per heavy atom. The molecule has 0 aliphatic carbocycles. The number of hydrogen-bond donors (Lipinski definition) is 0. The summed E-state index contributed by atoms with van der Waals surface area (Å²) in [4.78, 5) is 18.6. The largest absolute Gasteiger partial charge is 0.490 e. The van der Waals surface area contributed by atoms with Gasteiger partial charge in [0.05, 0.1) is 16.7 Å². The fraction of sp³-hybridized carbons (Fsp3) is 0.500. The van der Waals surface area contributed by atoms with Crippen LogP contribution in [0.2, 0.25) is 0 Å². The Hall–Kier alpha value is -2.61. The summed E-state index contributed by atoms with van der Waals surface area (Å²) in [6.45, 7) is 6.97. The average molecular weight is 459 g/mol. The number of likely N-dealkylation sites (tertiary alicyclic amines) is 1. The summed E-state index contributed by atoms with van der Waals surface area (Å²) >= 11 is 0. The second-order valence-electron chi connectivity index (χ2n) is 9.05. The quantitative estimate of drug-likeness (QED) is 0.688. The van der Waals surface area contributed by atoms with Gasteiger partial charge in [0.15, 0.2) is 9.84 Å². The smallest absolute Gasteiger partial charge is 0.410 e. The Labute approximate surface area is 189 Å². The number of aryl methyl sites for hydroxylation is 1. The summed E-state index contributed by atoms with van der Waals surface area (Å²) in [7, 11) is -3.28. The molecule has 7 nitrogen and oxygen atoms in total. The van der Waals surface area contributed by atoms with E-state index in [2.05, 4.69) is 11.1 Å². The molecule has 1 amide bonds. The van der Waals surface area contributed by atoms with Crippen molar-refractivity contribution in [1.82, 2.24) is 9.88 Å². The van der Waals surface area contributed by atoms with Crippen molar-refractivity contribution in [3.8, 4) is 17.0 Å². The summed E-state index contributed by atoms with van der Waals surface area (Å²) in [6.07, 6.45) is 4.98. The zero-order valence-corrected chi connectivity index (χ0v) is 19.8. The normalized spacial score (nSPS) is 19.0. The van der Waals surface area contributed by atoms with Gasteiger partial charge in [-0.15, -0.1) is 0 Å². The van der Waals surface area contributed by atoms with Crippen molar-refractivity contribution >= 4 is 15.9 Å². The van der Waals surface area contributed by atoms with Crippen molar-refractivity contribution in [3.63, 3.8) is 0 Å². The van der Waals surface area contributed by atoms with Crippen LogP contribution in [0, 0.1) is 12.8 Å². The summed E-state index contributed by atoms with van der Waals surface area (Å²) < 4.78 is 35.1. The van der Waals surface area contributed by atoms with E-state index in [1.165, 1.54) is 12.5 Å². The lowest BCUT2D eigenvalue weighted by Crippen LogP contribution is -2.43. The van der Waals surface area contributed by atoms with Gasteiger partial charge in [0.2, 0.25) is 0 Å². The number of carbonyl (C=O) groups excluding carboxylic acids is 1. The number of fused-ring (bicyclic) bond motifs is 1. The van der Waals surface area contributed by atoms with Gasteiger partial charge < -0.3 is 14.4 Å². The third-order valence-electron chi connectivity index (χ3n) is 6.17. The van der Waals surface area contributed by atoms with Crippen molar-refractivity contribution in [3.05, 3.63) is 41.6 Å². The maximum atomic E-state index is 12.1. The van der Waals surface area contributed by atoms with E-state index >= 15 is 0 Å². The molecule has 1 atom stereocenters. The van der Waals surface area contributed by atoms with Crippen molar-refractivity contribution in [1.29, 1.82) is 0 Å². The molecule has 1 unspecified atom stereocenters. The molecule has 0 saturated carbocycles. The molecule has 2 aliphatic rings. The fourth-order valence-electron chi connectivity index (χ4n) is 4.47. The van der Waals surface area contributed by atoms with Crippen LogP contribution in [0.1, 0.15) is 37.8 Å². The topological polar surface area (TPSA) is 85.8 Å². The van der Waals surface area contributed by atoms with Crippen LogP contribution in [0.25, 0.3) is 11.3 Å². The third-order valence-corrected chi connectivity index (χ3v) is 7.25. The van der Waals surface area contributed by atoms with Gasteiger partial charge in [-0.05, 0) is 74.9 Å². The highest BCUT2D eigenvalue weighted by molar-refractivity contribution is 7.90. The predicted octanol–water partition coefficient (Wildman–Crippen LogP) is 4.02. The number of piperidine rings is 1. The molecule has 4 rings (SSSR count). The molecule has 3 heterocycles. The first-order chi connectivity index (χ1) is 15.1. The van der Waals surface area contributed by atoms with E-state index in [1.807, 2.05) is 32.9 Å². The molecule has 32 heavy (non-hydrogen) atoms. The minimum Gasteiger partial charge on any atom is -0.490 e. The highest BCUT2D eigenvalue weighted by Gasteiger charge is 2.34. The molecule has 0 bridgehead atoms. The zero-order chi connectivity index (χ0) is 23.0. The number of nitrogens with zero attached hydrogens (tertiary/aromatic N) is 2. The van der Waals surface area contributed by atoms with E-state index in [-0.39, 0.29) is 23.2 Å². The highest BCUT2D eigenvalue weighted by atomic mass is 32.2. The molecule has 2 aliphatic heterocycles.